The topological polar surface area (TPSA) is 20.2 Å². The molecule has 0 aliphatic rings. The minimum Gasteiger partial charge on any atom is -0.393 e. The monoisotopic (exact) mass is 124 g/mol. The minimum absolute atomic E-state index is 0.154. The molecule has 1 heteroatoms. The number of aliphatic hydroxyl groups excluding tert-OH is 1. The molecule has 0 amide bonds. The highest BCUT2D eigenvalue weighted by atomic mass is 16.3. The molecule has 2 unspecified atom stereocenters. The lowest BCUT2D eigenvalue weighted by Crippen LogP contribution is -2.09. The average Bonchev–Trinajstić information content (AvgIpc) is 1.82. The van der Waals surface area contributed by atoms with Crippen LogP contribution in [0, 0.1) is 18.3 Å². The van der Waals surface area contributed by atoms with Gasteiger partial charge in [-0.2, -0.15) is 0 Å². The van der Waals surface area contributed by atoms with Gasteiger partial charge >= 0.3 is 0 Å². The van der Waals surface area contributed by atoms with Gasteiger partial charge in [-0.15, -0.1) is 6.42 Å². The highest BCUT2D eigenvalue weighted by Crippen LogP contribution is 2.02. The molecule has 1 nitrogen and oxygen atoms in total. The summed E-state index contributed by atoms with van der Waals surface area (Å²) in [5, 5.41) is 8.93. The largest absolute Gasteiger partial charge is 0.393 e. The van der Waals surface area contributed by atoms with Crippen LogP contribution in [0.4, 0.5) is 0 Å². The normalized spacial score (nSPS) is 17.1. The summed E-state index contributed by atoms with van der Waals surface area (Å²) in [6, 6.07) is 0. The zero-order chi connectivity index (χ0) is 7.28. The van der Waals surface area contributed by atoms with Gasteiger partial charge in [-0.05, 0) is 13.0 Å². The van der Waals surface area contributed by atoms with Crippen molar-refractivity contribution in [2.45, 2.75) is 20.0 Å². The van der Waals surface area contributed by atoms with Crippen LogP contribution in [0.25, 0.3) is 0 Å². The molecular formula is C8H12O. The first-order valence-corrected chi connectivity index (χ1v) is 2.99. The number of aliphatic hydroxyl groups is 1. The van der Waals surface area contributed by atoms with E-state index in [2.05, 4.69) is 5.92 Å². The summed E-state index contributed by atoms with van der Waals surface area (Å²) in [4.78, 5) is 0. The van der Waals surface area contributed by atoms with Crippen molar-refractivity contribution in [1.29, 1.82) is 0 Å². The summed E-state index contributed by atoms with van der Waals surface area (Å²) in [5.74, 6) is 2.52. The molecule has 0 radical (unpaired) electrons. The second kappa shape index (κ2) is 4.17. The van der Waals surface area contributed by atoms with Crippen molar-refractivity contribution >= 4 is 0 Å². The van der Waals surface area contributed by atoms with Gasteiger partial charge in [0.05, 0.1) is 6.10 Å². The fourth-order valence-corrected chi connectivity index (χ4v) is 0.368. The fraction of sp³-hybridized carbons (Fsp3) is 0.500. The molecule has 1 N–H and O–H groups in total. The lowest BCUT2D eigenvalue weighted by atomic mass is 10.1. The summed E-state index contributed by atoms with van der Waals surface area (Å²) in [6.07, 6.45) is 8.07. The standard InChI is InChI=1S/C8H12O/c1-4-5-6-7(2)8(3)9/h1,5-9H,2-3H3/b6-5+. The first-order valence-electron chi connectivity index (χ1n) is 2.99. The van der Waals surface area contributed by atoms with Crippen molar-refractivity contribution in [3.63, 3.8) is 0 Å². The highest BCUT2D eigenvalue weighted by molar-refractivity contribution is 5.10. The first kappa shape index (κ1) is 8.26. The Bertz CT molecular complexity index is 128. The van der Waals surface area contributed by atoms with E-state index in [0.29, 0.717) is 0 Å². The molecule has 0 saturated heterocycles. The summed E-state index contributed by atoms with van der Waals surface area (Å²) in [7, 11) is 0. The van der Waals surface area contributed by atoms with E-state index in [1.165, 1.54) is 0 Å². The Balaban J connectivity index is 3.65. The van der Waals surface area contributed by atoms with Crippen LogP contribution in [-0.2, 0) is 0 Å². The maximum atomic E-state index is 8.93. The molecule has 0 bridgehead atoms. The maximum Gasteiger partial charge on any atom is 0.0572 e. The van der Waals surface area contributed by atoms with Crippen molar-refractivity contribution in [1.82, 2.24) is 0 Å². The van der Waals surface area contributed by atoms with Gasteiger partial charge in [0.1, 0.15) is 0 Å². The van der Waals surface area contributed by atoms with Crippen LogP contribution in [0.3, 0.4) is 0 Å². The Labute approximate surface area is 56.4 Å². The number of terminal acetylenes is 1. The smallest absolute Gasteiger partial charge is 0.0572 e. The molecule has 0 aliphatic carbocycles. The minimum atomic E-state index is -0.311. The number of rotatable bonds is 2. The highest BCUT2D eigenvalue weighted by Gasteiger charge is 2.01. The molecule has 0 spiro atoms. The van der Waals surface area contributed by atoms with Crippen LogP contribution in [0.5, 0.6) is 0 Å². The van der Waals surface area contributed by atoms with E-state index < -0.39 is 0 Å². The molecule has 0 aliphatic heterocycles. The van der Waals surface area contributed by atoms with Gasteiger partial charge in [0, 0.05) is 5.92 Å². The summed E-state index contributed by atoms with van der Waals surface area (Å²) in [6.45, 7) is 3.66. The van der Waals surface area contributed by atoms with Gasteiger partial charge in [0.2, 0.25) is 0 Å². The molecule has 0 heterocycles. The molecule has 0 fully saturated rings. The van der Waals surface area contributed by atoms with Crippen LogP contribution in [0.2, 0.25) is 0 Å². The van der Waals surface area contributed by atoms with Gasteiger partial charge in [0.25, 0.3) is 0 Å². The van der Waals surface area contributed by atoms with E-state index >= 15 is 0 Å². The fourth-order valence-electron chi connectivity index (χ4n) is 0.368. The zero-order valence-corrected chi connectivity index (χ0v) is 5.83. The molecule has 0 aromatic rings. The summed E-state index contributed by atoms with van der Waals surface area (Å²) in [5.41, 5.74) is 0. The van der Waals surface area contributed by atoms with E-state index in [1.54, 1.807) is 13.0 Å². The number of hydrogen-bond donors (Lipinski definition) is 1. The van der Waals surface area contributed by atoms with Gasteiger partial charge in [0.15, 0.2) is 0 Å². The van der Waals surface area contributed by atoms with Crippen LogP contribution in [0.15, 0.2) is 12.2 Å². The molecule has 9 heavy (non-hydrogen) atoms. The van der Waals surface area contributed by atoms with Gasteiger partial charge in [-0.3, -0.25) is 0 Å². The second-order valence-electron chi connectivity index (χ2n) is 2.13. The average molecular weight is 124 g/mol. The van der Waals surface area contributed by atoms with Crippen LogP contribution < -0.4 is 0 Å². The Morgan fingerprint density at radius 2 is 2.11 bits per heavy atom. The maximum absolute atomic E-state index is 8.93. The Morgan fingerprint density at radius 3 is 2.44 bits per heavy atom. The third kappa shape index (κ3) is 3.81. The zero-order valence-electron chi connectivity index (χ0n) is 5.83. The molecule has 50 valence electrons. The van der Waals surface area contributed by atoms with Gasteiger partial charge in [-0.25, -0.2) is 0 Å². The van der Waals surface area contributed by atoms with Gasteiger partial charge in [-0.1, -0.05) is 18.9 Å². The van der Waals surface area contributed by atoms with Crippen LogP contribution in [-0.4, -0.2) is 11.2 Å². The Kier molecular flexibility index (Phi) is 3.83. The number of allylic oxidation sites excluding steroid dienone is 1. The van der Waals surface area contributed by atoms with E-state index in [0.717, 1.165) is 0 Å². The van der Waals surface area contributed by atoms with E-state index in [4.69, 9.17) is 11.5 Å². The van der Waals surface area contributed by atoms with Gasteiger partial charge < -0.3 is 5.11 Å². The quantitative estimate of drug-likeness (QED) is 0.548. The Morgan fingerprint density at radius 1 is 1.56 bits per heavy atom. The third-order valence-electron chi connectivity index (χ3n) is 1.26. The predicted molar refractivity (Wildman–Crippen MR) is 38.8 cm³/mol. The second-order valence-corrected chi connectivity index (χ2v) is 2.13. The molecule has 0 saturated carbocycles. The summed E-state index contributed by atoms with van der Waals surface area (Å²) < 4.78 is 0. The molecule has 0 aromatic carbocycles. The summed E-state index contributed by atoms with van der Waals surface area (Å²) >= 11 is 0. The predicted octanol–water partition coefficient (Wildman–Crippen LogP) is 1.19. The van der Waals surface area contributed by atoms with Crippen molar-refractivity contribution in [3.8, 4) is 12.3 Å². The molecule has 2 atom stereocenters. The number of hydrogen-bond acceptors (Lipinski definition) is 1. The molecule has 0 aromatic heterocycles. The first-order chi connectivity index (χ1) is 4.18. The molecular weight excluding hydrogens is 112 g/mol. The van der Waals surface area contributed by atoms with Crippen molar-refractivity contribution in [3.05, 3.63) is 12.2 Å². The Hall–Kier alpha value is -0.740. The van der Waals surface area contributed by atoms with Crippen molar-refractivity contribution in [2.24, 2.45) is 5.92 Å². The van der Waals surface area contributed by atoms with E-state index in [-0.39, 0.29) is 12.0 Å². The SMILES string of the molecule is C#C/C=C/C(C)C(C)O. The molecule has 0 rings (SSSR count). The van der Waals surface area contributed by atoms with Crippen molar-refractivity contribution in [2.75, 3.05) is 0 Å². The third-order valence-corrected chi connectivity index (χ3v) is 1.26. The van der Waals surface area contributed by atoms with E-state index in [1.807, 2.05) is 13.0 Å². The van der Waals surface area contributed by atoms with Crippen molar-refractivity contribution < 1.29 is 5.11 Å². The van der Waals surface area contributed by atoms with E-state index in [9.17, 15) is 0 Å². The lowest BCUT2D eigenvalue weighted by Gasteiger charge is -2.07. The van der Waals surface area contributed by atoms with Crippen LogP contribution >= 0.6 is 0 Å². The van der Waals surface area contributed by atoms with Crippen LogP contribution in [0.1, 0.15) is 13.8 Å². The lowest BCUT2D eigenvalue weighted by molar-refractivity contribution is 0.157.